The summed E-state index contributed by atoms with van der Waals surface area (Å²) in [7, 11) is -0.325. The van der Waals surface area contributed by atoms with E-state index in [0.717, 1.165) is 31.4 Å². The number of hydrogen-bond acceptors (Lipinski definition) is 4. The molecule has 0 heterocycles. The first-order valence-electron chi connectivity index (χ1n) is 7.36. The molecule has 0 radical (unpaired) electrons. The van der Waals surface area contributed by atoms with Crippen LogP contribution in [0.2, 0.25) is 0 Å². The highest BCUT2D eigenvalue weighted by Crippen LogP contribution is 2.32. The van der Waals surface area contributed by atoms with Crippen LogP contribution in [0.4, 0.5) is 0 Å². The average molecular weight is 312 g/mol. The van der Waals surface area contributed by atoms with Crippen molar-refractivity contribution in [3.05, 3.63) is 23.8 Å². The summed E-state index contributed by atoms with van der Waals surface area (Å²) >= 11 is 0. The van der Waals surface area contributed by atoms with Crippen molar-refractivity contribution in [2.75, 3.05) is 20.7 Å². The number of rotatable bonds is 7. The van der Waals surface area contributed by atoms with Crippen molar-refractivity contribution in [2.24, 2.45) is 0 Å². The molecule has 0 spiro atoms. The Balaban J connectivity index is 2.29. The third-order valence-electron chi connectivity index (χ3n) is 4.05. The summed E-state index contributed by atoms with van der Waals surface area (Å²) in [5, 5.41) is 3.22. The van der Waals surface area contributed by atoms with Crippen LogP contribution in [-0.4, -0.2) is 39.5 Å². The van der Waals surface area contributed by atoms with Crippen LogP contribution in [0.5, 0.6) is 5.75 Å². The molecule has 1 aromatic rings. The van der Waals surface area contributed by atoms with E-state index in [9.17, 15) is 8.42 Å². The summed E-state index contributed by atoms with van der Waals surface area (Å²) in [6, 6.07) is 5.41. The summed E-state index contributed by atoms with van der Waals surface area (Å²) in [6.45, 7) is 3.60. The van der Waals surface area contributed by atoms with Gasteiger partial charge in [-0.25, -0.2) is 8.42 Å². The maximum Gasteiger partial charge on any atom is 0.246 e. The Morgan fingerprint density at radius 2 is 2.10 bits per heavy atom. The second-order valence-corrected chi connectivity index (χ2v) is 7.34. The van der Waals surface area contributed by atoms with Gasteiger partial charge in [0.25, 0.3) is 0 Å². The quantitative estimate of drug-likeness (QED) is 0.836. The van der Waals surface area contributed by atoms with E-state index in [1.54, 1.807) is 19.2 Å². The fourth-order valence-electron chi connectivity index (χ4n) is 2.41. The van der Waals surface area contributed by atoms with Gasteiger partial charge in [0.1, 0.15) is 10.6 Å². The Kier molecular flexibility index (Phi) is 5.24. The van der Waals surface area contributed by atoms with Crippen molar-refractivity contribution in [2.45, 2.75) is 43.7 Å². The SMILES string of the molecule is CCNCc1ccc(S(=O)(=O)N(C)C2CCC2)c(OC)c1. The van der Waals surface area contributed by atoms with Crippen LogP contribution >= 0.6 is 0 Å². The highest BCUT2D eigenvalue weighted by molar-refractivity contribution is 7.89. The van der Waals surface area contributed by atoms with Crippen LogP contribution < -0.4 is 10.1 Å². The molecule has 5 nitrogen and oxygen atoms in total. The summed E-state index contributed by atoms with van der Waals surface area (Å²) < 4.78 is 32.2. The average Bonchev–Trinajstić information content (AvgIpc) is 2.42. The number of nitrogens with zero attached hydrogens (tertiary/aromatic N) is 1. The molecule has 1 N–H and O–H groups in total. The summed E-state index contributed by atoms with van der Waals surface area (Å²) in [6.07, 6.45) is 2.98. The van der Waals surface area contributed by atoms with E-state index in [1.807, 2.05) is 13.0 Å². The molecule has 0 saturated heterocycles. The summed E-state index contributed by atoms with van der Waals surface area (Å²) in [5.41, 5.74) is 1.01. The van der Waals surface area contributed by atoms with Gasteiger partial charge < -0.3 is 10.1 Å². The van der Waals surface area contributed by atoms with Gasteiger partial charge in [0.05, 0.1) is 7.11 Å². The lowest BCUT2D eigenvalue weighted by molar-refractivity contribution is 0.249. The molecule has 1 fully saturated rings. The molecule has 1 saturated carbocycles. The lowest BCUT2D eigenvalue weighted by Gasteiger charge is -2.34. The van der Waals surface area contributed by atoms with Gasteiger partial charge in [-0.05, 0) is 37.1 Å². The zero-order valence-electron chi connectivity index (χ0n) is 12.9. The van der Waals surface area contributed by atoms with E-state index in [-0.39, 0.29) is 10.9 Å². The molecule has 0 atom stereocenters. The molecule has 1 aromatic carbocycles. The van der Waals surface area contributed by atoms with Crippen molar-refractivity contribution in [3.8, 4) is 5.75 Å². The van der Waals surface area contributed by atoms with E-state index in [4.69, 9.17) is 4.74 Å². The number of benzene rings is 1. The molecule has 0 aliphatic heterocycles. The number of ether oxygens (including phenoxy) is 1. The first-order chi connectivity index (χ1) is 10.0. The first-order valence-corrected chi connectivity index (χ1v) is 8.80. The topological polar surface area (TPSA) is 58.6 Å². The predicted molar refractivity (Wildman–Crippen MR) is 83.0 cm³/mol. The van der Waals surface area contributed by atoms with E-state index >= 15 is 0 Å². The fourth-order valence-corrected chi connectivity index (χ4v) is 3.96. The smallest absolute Gasteiger partial charge is 0.246 e. The van der Waals surface area contributed by atoms with Gasteiger partial charge in [-0.1, -0.05) is 19.4 Å². The van der Waals surface area contributed by atoms with Crippen molar-refractivity contribution in [1.82, 2.24) is 9.62 Å². The normalized spacial score (nSPS) is 16.0. The molecule has 0 unspecified atom stereocenters. The largest absolute Gasteiger partial charge is 0.495 e. The van der Waals surface area contributed by atoms with E-state index < -0.39 is 10.0 Å². The summed E-state index contributed by atoms with van der Waals surface area (Å²) in [4.78, 5) is 0.250. The maximum absolute atomic E-state index is 12.7. The van der Waals surface area contributed by atoms with Crippen LogP contribution in [0, 0.1) is 0 Å². The minimum atomic E-state index is -3.49. The second kappa shape index (κ2) is 6.77. The van der Waals surface area contributed by atoms with E-state index in [2.05, 4.69) is 5.32 Å². The van der Waals surface area contributed by atoms with Crippen molar-refractivity contribution in [1.29, 1.82) is 0 Å². The zero-order valence-corrected chi connectivity index (χ0v) is 13.7. The Bertz CT molecular complexity index is 583. The number of methoxy groups -OCH3 is 1. The molecule has 21 heavy (non-hydrogen) atoms. The second-order valence-electron chi connectivity index (χ2n) is 5.37. The lowest BCUT2D eigenvalue weighted by Crippen LogP contribution is -2.41. The highest BCUT2D eigenvalue weighted by Gasteiger charge is 2.33. The molecule has 0 aromatic heterocycles. The monoisotopic (exact) mass is 312 g/mol. The first kappa shape index (κ1) is 16.3. The van der Waals surface area contributed by atoms with Crippen molar-refractivity contribution < 1.29 is 13.2 Å². The Labute approximate surface area is 127 Å². The highest BCUT2D eigenvalue weighted by atomic mass is 32.2. The molecule has 6 heteroatoms. The minimum absolute atomic E-state index is 0.126. The molecular weight excluding hydrogens is 288 g/mol. The molecule has 0 bridgehead atoms. The van der Waals surface area contributed by atoms with Gasteiger partial charge in [-0.15, -0.1) is 0 Å². The number of nitrogens with one attached hydrogen (secondary N) is 1. The Morgan fingerprint density at radius 3 is 2.62 bits per heavy atom. The third-order valence-corrected chi connectivity index (χ3v) is 6.00. The number of sulfonamides is 1. The maximum atomic E-state index is 12.7. The van der Waals surface area contributed by atoms with Crippen LogP contribution in [0.1, 0.15) is 31.7 Å². The fraction of sp³-hybridized carbons (Fsp3) is 0.600. The van der Waals surface area contributed by atoms with Gasteiger partial charge in [0, 0.05) is 19.6 Å². The van der Waals surface area contributed by atoms with E-state index in [0.29, 0.717) is 12.3 Å². The van der Waals surface area contributed by atoms with Gasteiger partial charge in [0.15, 0.2) is 0 Å². The van der Waals surface area contributed by atoms with Crippen LogP contribution in [0.3, 0.4) is 0 Å². The third kappa shape index (κ3) is 3.39. The van der Waals surface area contributed by atoms with E-state index in [1.165, 1.54) is 11.4 Å². The zero-order chi connectivity index (χ0) is 15.5. The molecular formula is C15H24N2O3S. The van der Waals surface area contributed by atoms with Gasteiger partial charge in [-0.3, -0.25) is 0 Å². The molecule has 1 aliphatic rings. The van der Waals surface area contributed by atoms with Gasteiger partial charge in [-0.2, -0.15) is 4.31 Å². The number of hydrogen-bond donors (Lipinski definition) is 1. The van der Waals surface area contributed by atoms with Gasteiger partial charge in [0.2, 0.25) is 10.0 Å². The van der Waals surface area contributed by atoms with Crippen LogP contribution in [0.25, 0.3) is 0 Å². The van der Waals surface area contributed by atoms with Crippen LogP contribution in [0.15, 0.2) is 23.1 Å². The standard InChI is InChI=1S/C15H24N2O3S/c1-4-16-11-12-8-9-15(14(10-12)20-3)21(18,19)17(2)13-6-5-7-13/h8-10,13,16H,4-7,11H2,1-3H3. The Morgan fingerprint density at radius 1 is 1.38 bits per heavy atom. The molecule has 1 aliphatic carbocycles. The minimum Gasteiger partial charge on any atom is -0.495 e. The summed E-state index contributed by atoms with van der Waals surface area (Å²) in [5.74, 6) is 0.413. The van der Waals surface area contributed by atoms with Gasteiger partial charge >= 0.3 is 0 Å². The van der Waals surface area contributed by atoms with Crippen molar-refractivity contribution >= 4 is 10.0 Å². The van der Waals surface area contributed by atoms with Crippen LogP contribution in [-0.2, 0) is 16.6 Å². The lowest BCUT2D eigenvalue weighted by atomic mass is 9.94. The molecule has 118 valence electrons. The molecule has 2 rings (SSSR count). The Hall–Kier alpha value is -1.11. The molecule has 0 amide bonds. The predicted octanol–water partition coefficient (Wildman–Crippen LogP) is 1.98. The van der Waals surface area contributed by atoms with Crippen molar-refractivity contribution in [3.63, 3.8) is 0 Å².